The largest absolute Gasteiger partial charge is 0.323 e. The quantitative estimate of drug-likeness (QED) is 0.490. The molecule has 0 bridgehead atoms. The van der Waals surface area contributed by atoms with Crippen molar-refractivity contribution >= 4 is 11.9 Å². The molecule has 0 saturated carbocycles. The molecule has 1 rings (SSSR count). The van der Waals surface area contributed by atoms with Crippen molar-refractivity contribution in [1.82, 2.24) is 10.6 Å². The fourth-order valence-electron chi connectivity index (χ4n) is 2.54. The minimum atomic E-state index is -0.625. The van der Waals surface area contributed by atoms with Crippen LogP contribution in [0.1, 0.15) is 71.6 Å². The SMILES string of the molecule is CCCCCCC1(CCCCC)NC(=O)NC1=O. The highest BCUT2D eigenvalue weighted by molar-refractivity contribution is 6.06. The molecule has 0 spiro atoms. The van der Waals surface area contributed by atoms with Gasteiger partial charge in [0.15, 0.2) is 0 Å². The van der Waals surface area contributed by atoms with Gasteiger partial charge in [-0.2, -0.15) is 0 Å². The summed E-state index contributed by atoms with van der Waals surface area (Å²) in [5, 5.41) is 5.24. The summed E-state index contributed by atoms with van der Waals surface area (Å²) in [6.45, 7) is 4.31. The third kappa shape index (κ3) is 4.00. The molecule has 1 aliphatic heterocycles. The van der Waals surface area contributed by atoms with Crippen LogP contribution in [0.25, 0.3) is 0 Å². The molecule has 4 heteroatoms. The second-order valence-electron chi connectivity index (χ2n) is 5.26. The van der Waals surface area contributed by atoms with Gasteiger partial charge in [-0.25, -0.2) is 4.79 Å². The standard InChI is InChI=1S/C14H26N2O2/c1-3-5-7-9-11-14(10-8-6-4-2)12(17)15-13(18)16-14/h3-11H2,1-2H3,(H2,15,16,17,18). The molecule has 1 unspecified atom stereocenters. The number of nitrogens with one attached hydrogen (secondary N) is 2. The van der Waals surface area contributed by atoms with Crippen molar-refractivity contribution in [2.45, 2.75) is 77.2 Å². The van der Waals surface area contributed by atoms with E-state index >= 15 is 0 Å². The third-order valence-corrected chi connectivity index (χ3v) is 3.68. The summed E-state index contributed by atoms with van der Waals surface area (Å²) in [6, 6.07) is -0.327. The van der Waals surface area contributed by atoms with E-state index in [0.29, 0.717) is 0 Å². The van der Waals surface area contributed by atoms with Gasteiger partial charge in [0.2, 0.25) is 0 Å². The van der Waals surface area contributed by atoms with Gasteiger partial charge >= 0.3 is 6.03 Å². The lowest BCUT2D eigenvalue weighted by molar-refractivity contribution is -0.124. The molecular weight excluding hydrogens is 228 g/mol. The van der Waals surface area contributed by atoms with Crippen molar-refractivity contribution < 1.29 is 9.59 Å². The van der Waals surface area contributed by atoms with Crippen LogP contribution in [0.3, 0.4) is 0 Å². The number of carbonyl (C=O) groups is 2. The molecule has 18 heavy (non-hydrogen) atoms. The van der Waals surface area contributed by atoms with Crippen molar-refractivity contribution in [2.75, 3.05) is 0 Å². The van der Waals surface area contributed by atoms with E-state index in [4.69, 9.17) is 0 Å². The van der Waals surface area contributed by atoms with Crippen molar-refractivity contribution in [3.05, 3.63) is 0 Å². The van der Waals surface area contributed by atoms with Crippen molar-refractivity contribution in [3.8, 4) is 0 Å². The van der Waals surface area contributed by atoms with Gasteiger partial charge in [0.1, 0.15) is 5.54 Å². The van der Waals surface area contributed by atoms with Gasteiger partial charge < -0.3 is 5.32 Å². The van der Waals surface area contributed by atoms with Crippen molar-refractivity contribution in [1.29, 1.82) is 0 Å². The summed E-state index contributed by atoms with van der Waals surface area (Å²) in [7, 11) is 0. The predicted octanol–water partition coefficient (Wildman–Crippen LogP) is 3.12. The number of rotatable bonds is 9. The Kier molecular flexibility index (Phi) is 6.16. The van der Waals surface area contributed by atoms with E-state index in [1.54, 1.807) is 0 Å². The molecule has 4 nitrogen and oxygen atoms in total. The zero-order valence-corrected chi connectivity index (χ0v) is 11.7. The van der Waals surface area contributed by atoms with Crippen molar-refractivity contribution in [2.24, 2.45) is 0 Å². The van der Waals surface area contributed by atoms with Crippen LogP contribution in [0.15, 0.2) is 0 Å². The fourth-order valence-corrected chi connectivity index (χ4v) is 2.54. The molecule has 1 saturated heterocycles. The first-order chi connectivity index (χ1) is 8.64. The maximum absolute atomic E-state index is 12.0. The Morgan fingerprint density at radius 3 is 1.94 bits per heavy atom. The molecule has 0 aromatic rings. The maximum Gasteiger partial charge on any atom is 0.322 e. The van der Waals surface area contributed by atoms with Crippen LogP contribution in [0, 0.1) is 0 Å². The van der Waals surface area contributed by atoms with Crippen molar-refractivity contribution in [3.63, 3.8) is 0 Å². The number of unbranched alkanes of at least 4 members (excludes halogenated alkanes) is 5. The molecule has 104 valence electrons. The molecule has 1 fully saturated rings. The topological polar surface area (TPSA) is 58.2 Å². The van der Waals surface area contributed by atoms with E-state index in [1.165, 1.54) is 12.8 Å². The number of hydrogen-bond acceptors (Lipinski definition) is 2. The number of imide groups is 1. The summed E-state index contributed by atoms with van der Waals surface area (Å²) < 4.78 is 0. The fraction of sp³-hybridized carbons (Fsp3) is 0.857. The minimum Gasteiger partial charge on any atom is -0.323 e. The second kappa shape index (κ2) is 7.39. The Morgan fingerprint density at radius 1 is 0.889 bits per heavy atom. The van der Waals surface area contributed by atoms with E-state index < -0.39 is 5.54 Å². The van der Waals surface area contributed by atoms with Crippen LogP contribution in [0.5, 0.6) is 0 Å². The van der Waals surface area contributed by atoms with Crippen LogP contribution in [0.4, 0.5) is 4.79 Å². The molecule has 2 N–H and O–H groups in total. The lowest BCUT2D eigenvalue weighted by Gasteiger charge is -2.26. The molecule has 1 aliphatic rings. The average Bonchev–Trinajstić information content (AvgIpc) is 2.61. The highest BCUT2D eigenvalue weighted by atomic mass is 16.2. The molecule has 1 atom stereocenters. The Balaban J connectivity index is 2.51. The number of amides is 3. The van der Waals surface area contributed by atoms with E-state index in [-0.39, 0.29) is 11.9 Å². The van der Waals surface area contributed by atoms with Gasteiger partial charge in [0.05, 0.1) is 0 Å². The zero-order valence-electron chi connectivity index (χ0n) is 11.7. The minimum absolute atomic E-state index is 0.125. The number of carbonyl (C=O) groups excluding carboxylic acids is 2. The van der Waals surface area contributed by atoms with Crippen LogP contribution in [0.2, 0.25) is 0 Å². The van der Waals surface area contributed by atoms with Crippen LogP contribution < -0.4 is 10.6 Å². The van der Waals surface area contributed by atoms with Crippen LogP contribution in [-0.4, -0.2) is 17.5 Å². The maximum atomic E-state index is 12.0. The Bertz CT molecular complexity index is 292. The molecule has 3 amide bonds. The monoisotopic (exact) mass is 254 g/mol. The molecule has 0 aromatic carbocycles. The first-order valence-corrected chi connectivity index (χ1v) is 7.28. The van der Waals surface area contributed by atoms with Gasteiger partial charge in [-0.1, -0.05) is 58.8 Å². The Hall–Kier alpha value is -1.06. The van der Waals surface area contributed by atoms with Gasteiger partial charge in [0.25, 0.3) is 5.91 Å². The number of hydrogen-bond donors (Lipinski definition) is 2. The summed E-state index contributed by atoms with van der Waals surface area (Å²) >= 11 is 0. The summed E-state index contributed by atoms with van der Waals surface area (Å²) in [6.07, 6.45) is 9.29. The smallest absolute Gasteiger partial charge is 0.322 e. The highest BCUT2D eigenvalue weighted by Gasteiger charge is 2.44. The molecule has 0 radical (unpaired) electrons. The Morgan fingerprint density at radius 2 is 1.44 bits per heavy atom. The van der Waals surface area contributed by atoms with Crippen LogP contribution in [-0.2, 0) is 4.79 Å². The van der Waals surface area contributed by atoms with Gasteiger partial charge in [-0.3, -0.25) is 10.1 Å². The zero-order chi connectivity index (χ0) is 13.4. The molecule has 0 aliphatic carbocycles. The normalized spacial score (nSPS) is 23.0. The van der Waals surface area contributed by atoms with Gasteiger partial charge in [-0.05, 0) is 12.8 Å². The lowest BCUT2D eigenvalue weighted by atomic mass is 9.86. The van der Waals surface area contributed by atoms with Gasteiger partial charge in [-0.15, -0.1) is 0 Å². The van der Waals surface area contributed by atoms with E-state index in [9.17, 15) is 9.59 Å². The molecule has 1 heterocycles. The summed E-state index contributed by atoms with van der Waals surface area (Å²) in [5.74, 6) is -0.125. The van der Waals surface area contributed by atoms with E-state index in [0.717, 1.165) is 44.9 Å². The first kappa shape index (κ1) is 15.0. The lowest BCUT2D eigenvalue weighted by Crippen LogP contribution is -2.46. The van der Waals surface area contributed by atoms with E-state index in [1.807, 2.05) is 0 Å². The Labute approximate surface area is 110 Å². The molecule has 0 aromatic heterocycles. The summed E-state index contributed by atoms with van der Waals surface area (Å²) in [5.41, 5.74) is -0.625. The highest BCUT2D eigenvalue weighted by Crippen LogP contribution is 2.26. The molecular formula is C14H26N2O2. The van der Waals surface area contributed by atoms with Gasteiger partial charge in [0, 0.05) is 0 Å². The third-order valence-electron chi connectivity index (χ3n) is 3.68. The summed E-state index contributed by atoms with van der Waals surface area (Å²) in [4.78, 5) is 23.3. The first-order valence-electron chi connectivity index (χ1n) is 7.28. The van der Waals surface area contributed by atoms with Crippen LogP contribution >= 0.6 is 0 Å². The average molecular weight is 254 g/mol. The van der Waals surface area contributed by atoms with E-state index in [2.05, 4.69) is 24.5 Å². The number of urea groups is 1. The predicted molar refractivity (Wildman–Crippen MR) is 72.3 cm³/mol. The second-order valence-corrected chi connectivity index (χ2v) is 5.26.